The van der Waals surface area contributed by atoms with Gasteiger partial charge in [0.2, 0.25) is 5.91 Å². The Hall–Kier alpha value is -2.67. The third kappa shape index (κ3) is 4.29. The predicted molar refractivity (Wildman–Crippen MR) is 95.7 cm³/mol. The second-order valence-electron chi connectivity index (χ2n) is 6.51. The van der Waals surface area contributed by atoms with Crippen molar-refractivity contribution in [2.45, 2.75) is 26.4 Å². The highest BCUT2D eigenvalue weighted by atomic mass is 16.5. The van der Waals surface area contributed by atoms with Crippen molar-refractivity contribution in [1.82, 2.24) is 10.1 Å². The molecular weight excluding hydrogens is 334 g/mol. The van der Waals surface area contributed by atoms with Crippen LogP contribution in [0.1, 0.15) is 34.5 Å². The average molecular weight is 357 g/mol. The van der Waals surface area contributed by atoms with Gasteiger partial charge in [-0.1, -0.05) is 17.3 Å². The van der Waals surface area contributed by atoms with Crippen LogP contribution in [0, 0.1) is 12.8 Å². The lowest BCUT2D eigenvalue weighted by atomic mass is 9.95. The fourth-order valence-electron chi connectivity index (χ4n) is 3.14. The summed E-state index contributed by atoms with van der Waals surface area (Å²) in [6, 6.07) is 9.15. The van der Waals surface area contributed by atoms with Crippen molar-refractivity contribution in [3.63, 3.8) is 0 Å². The number of piperidine rings is 1. The van der Waals surface area contributed by atoms with Gasteiger partial charge in [0, 0.05) is 37.7 Å². The van der Waals surface area contributed by atoms with E-state index >= 15 is 0 Å². The molecule has 1 aliphatic rings. The molecule has 0 bridgehead atoms. The lowest BCUT2D eigenvalue weighted by Crippen LogP contribution is -2.41. The molecule has 1 N–H and O–H groups in total. The summed E-state index contributed by atoms with van der Waals surface area (Å²) in [5.74, 6) is 0.870. The fraction of sp³-hybridized carbons (Fsp3) is 0.421. The van der Waals surface area contributed by atoms with Crippen molar-refractivity contribution < 1.29 is 18.8 Å². The standard InChI is InChI=1S/C19H23N3O4/c1-13-10-17(21-26-13)20-18(23)15-6-8-22(9-7-15)19(24)16-5-3-4-14(11-16)12-25-2/h3-5,10-11,15H,6-9,12H2,1-2H3,(H,20,21,23). The normalized spacial score (nSPS) is 15.1. The topological polar surface area (TPSA) is 84.7 Å². The van der Waals surface area contributed by atoms with Gasteiger partial charge in [0.1, 0.15) is 5.76 Å². The van der Waals surface area contributed by atoms with Crippen LogP contribution < -0.4 is 5.32 Å². The van der Waals surface area contributed by atoms with E-state index in [2.05, 4.69) is 10.5 Å². The number of nitrogens with one attached hydrogen (secondary N) is 1. The van der Waals surface area contributed by atoms with Crippen LogP contribution in [-0.2, 0) is 16.1 Å². The molecule has 138 valence electrons. The van der Waals surface area contributed by atoms with Crippen molar-refractivity contribution in [3.8, 4) is 0 Å². The number of likely N-dealkylation sites (tertiary alicyclic amines) is 1. The van der Waals surface area contributed by atoms with E-state index < -0.39 is 0 Å². The number of aryl methyl sites for hydroxylation is 1. The molecule has 0 atom stereocenters. The summed E-state index contributed by atoms with van der Waals surface area (Å²) < 4.78 is 10.1. The number of hydrogen-bond acceptors (Lipinski definition) is 5. The van der Waals surface area contributed by atoms with E-state index in [0.29, 0.717) is 49.7 Å². The number of nitrogens with zero attached hydrogens (tertiary/aromatic N) is 2. The van der Waals surface area contributed by atoms with Gasteiger partial charge in [-0.3, -0.25) is 9.59 Å². The maximum absolute atomic E-state index is 12.7. The second kappa shape index (κ2) is 8.14. The Balaban J connectivity index is 1.55. The van der Waals surface area contributed by atoms with Gasteiger partial charge in [-0.2, -0.15) is 0 Å². The second-order valence-corrected chi connectivity index (χ2v) is 6.51. The molecule has 1 aliphatic heterocycles. The van der Waals surface area contributed by atoms with Crippen molar-refractivity contribution in [1.29, 1.82) is 0 Å². The first-order chi connectivity index (χ1) is 12.6. The number of carbonyl (C=O) groups is 2. The summed E-state index contributed by atoms with van der Waals surface area (Å²) in [4.78, 5) is 26.8. The predicted octanol–water partition coefficient (Wildman–Crippen LogP) is 2.62. The molecule has 0 aliphatic carbocycles. The number of carbonyl (C=O) groups excluding carboxylic acids is 2. The van der Waals surface area contributed by atoms with Gasteiger partial charge in [-0.05, 0) is 37.5 Å². The van der Waals surface area contributed by atoms with E-state index in [1.54, 1.807) is 25.0 Å². The molecule has 1 aromatic carbocycles. The van der Waals surface area contributed by atoms with E-state index in [0.717, 1.165) is 5.56 Å². The monoisotopic (exact) mass is 357 g/mol. The molecule has 1 aromatic heterocycles. The zero-order chi connectivity index (χ0) is 18.5. The number of ether oxygens (including phenoxy) is 1. The Labute approximate surface area is 152 Å². The zero-order valence-corrected chi connectivity index (χ0v) is 15.0. The van der Waals surface area contributed by atoms with Gasteiger partial charge < -0.3 is 19.5 Å². The van der Waals surface area contributed by atoms with Gasteiger partial charge >= 0.3 is 0 Å². The average Bonchev–Trinajstić information content (AvgIpc) is 3.06. The van der Waals surface area contributed by atoms with Crippen molar-refractivity contribution in [2.75, 3.05) is 25.5 Å². The Kier molecular flexibility index (Phi) is 5.68. The number of aromatic nitrogens is 1. The van der Waals surface area contributed by atoms with E-state index in [4.69, 9.17) is 9.26 Å². The summed E-state index contributed by atoms with van der Waals surface area (Å²) in [7, 11) is 1.63. The SMILES string of the molecule is COCc1cccc(C(=O)N2CCC(C(=O)Nc3cc(C)on3)CC2)c1. The highest BCUT2D eigenvalue weighted by molar-refractivity contribution is 5.95. The Morgan fingerprint density at radius 2 is 2.08 bits per heavy atom. The highest BCUT2D eigenvalue weighted by Gasteiger charge is 2.28. The minimum atomic E-state index is -0.129. The number of methoxy groups -OCH3 is 1. The number of benzene rings is 1. The molecule has 2 amide bonds. The van der Waals surface area contributed by atoms with Crippen molar-refractivity contribution >= 4 is 17.6 Å². The maximum Gasteiger partial charge on any atom is 0.253 e. The molecule has 0 spiro atoms. The smallest absolute Gasteiger partial charge is 0.253 e. The van der Waals surface area contributed by atoms with Crippen molar-refractivity contribution in [3.05, 3.63) is 47.2 Å². The van der Waals surface area contributed by atoms with Crippen LogP contribution in [0.4, 0.5) is 5.82 Å². The highest BCUT2D eigenvalue weighted by Crippen LogP contribution is 2.21. The maximum atomic E-state index is 12.7. The van der Waals surface area contributed by atoms with Crippen LogP contribution in [0.15, 0.2) is 34.9 Å². The van der Waals surface area contributed by atoms with Gasteiger partial charge in [0.15, 0.2) is 5.82 Å². The van der Waals surface area contributed by atoms with E-state index in [9.17, 15) is 9.59 Å². The van der Waals surface area contributed by atoms with Gasteiger partial charge in [-0.25, -0.2) is 0 Å². The lowest BCUT2D eigenvalue weighted by molar-refractivity contribution is -0.121. The van der Waals surface area contributed by atoms with Crippen LogP contribution in [0.5, 0.6) is 0 Å². The van der Waals surface area contributed by atoms with Gasteiger partial charge in [-0.15, -0.1) is 0 Å². The Bertz CT molecular complexity index is 779. The third-order valence-corrected chi connectivity index (χ3v) is 4.52. The largest absolute Gasteiger partial charge is 0.380 e. The first-order valence-corrected chi connectivity index (χ1v) is 8.68. The number of rotatable bonds is 5. The minimum absolute atomic E-state index is 0.00561. The molecular formula is C19H23N3O4. The molecule has 0 saturated carbocycles. The fourth-order valence-corrected chi connectivity index (χ4v) is 3.14. The number of anilines is 1. The summed E-state index contributed by atoms with van der Waals surface area (Å²) in [6.07, 6.45) is 1.26. The molecule has 7 heteroatoms. The third-order valence-electron chi connectivity index (χ3n) is 4.52. The first-order valence-electron chi connectivity index (χ1n) is 8.68. The zero-order valence-electron chi connectivity index (χ0n) is 15.0. The van der Waals surface area contributed by atoms with E-state index in [1.165, 1.54) is 0 Å². The molecule has 2 aromatic rings. The number of amides is 2. The Morgan fingerprint density at radius 3 is 2.73 bits per heavy atom. The molecule has 2 heterocycles. The lowest BCUT2D eigenvalue weighted by Gasteiger charge is -2.31. The van der Waals surface area contributed by atoms with E-state index in [-0.39, 0.29) is 17.7 Å². The van der Waals surface area contributed by atoms with Crippen LogP contribution in [-0.4, -0.2) is 42.1 Å². The molecule has 0 radical (unpaired) electrons. The molecule has 1 fully saturated rings. The van der Waals surface area contributed by atoms with Crippen molar-refractivity contribution in [2.24, 2.45) is 5.92 Å². The Morgan fingerprint density at radius 1 is 1.31 bits per heavy atom. The van der Waals surface area contributed by atoms with Gasteiger partial charge in [0.25, 0.3) is 5.91 Å². The van der Waals surface area contributed by atoms with Crippen LogP contribution in [0.25, 0.3) is 0 Å². The molecule has 7 nitrogen and oxygen atoms in total. The molecule has 0 unspecified atom stereocenters. The summed E-state index contributed by atoms with van der Waals surface area (Å²) >= 11 is 0. The van der Waals surface area contributed by atoms with Crippen LogP contribution in [0.3, 0.4) is 0 Å². The molecule has 26 heavy (non-hydrogen) atoms. The van der Waals surface area contributed by atoms with Crippen LogP contribution in [0.2, 0.25) is 0 Å². The minimum Gasteiger partial charge on any atom is -0.380 e. The summed E-state index contributed by atoms with van der Waals surface area (Å²) in [6.45, 7) is 3.37. The quantitative estimate of drug-likeness (QED) is 0.889. The molecule has 1 saturated heterocycles. The molecule has 3 rings (SSSR count). The first kappa shape index (κ1) is 18.1. The van der Waals surface area contributed by atoms with E-state index in [1.807, 2.05) is 24.3 Å². The summed E-state index contributed by atoms with van der Waals surface area (Å²) in [5, 5.41) is 6.54. The summed E-state index contributed by atoms with van der Waals surface area (Å²) in [5.41, 5.74) is 1.62. The number of hydrogen-bond donors (Lipinski definition) is 1. The van der Waals surface area contributed by atoms with Crippen LogP contribution >= 0.6 is 0 Å². The van der Waals surface area contributed by atoms with Gasteiger partial charge in [0.05, 0.1) is 6.61 Å².